The van der Waals surface area contributed by atoms with Gasteiger partial charge >= 0.3 is 0 Å². The van der Waals surface area contributed by atoms with Crippen molar-refractivity contribution < 1.29 is 16.2 Å². The Hall–Kier alpha value is -0.560. The summed E-state index contributed by atoms with van der Waals surface area (Å²) in [5.41, 5.74) is 0. The van der Waals surface area contributed by atoms with Crippen molar-refractivity contribution in [2.45, 2.75) is 0 Å². The molecule has 0 saturated heterocycles. The molecule has 0 aromatic heterocycles. The Morgan fingerprint density at radius 3 is 1.14 bits per heavy atom. The van der Waals surface area contributed by atoms with Crippen molar-refractivity contribution >= 4 is 25.8 Å². The summed E-state index contributed by atoms with van der Waals surface area (Å²) in [4.78, 5) is 0. The molecule has 0 amide bonds. The third kappa shape index (κ3) is 2.18. The van der Waals surface area contributed by atoms with Gasteiger partial charge in [-0.15, -0.1) is 0 Å². The fraction of sp³-hybridized carbons (Fsp3) is 0. The lowest BCUT2D eigenvalue weighted by Gasteiger charge is -1.74. The Morgan fingerprint density at radius 2 is 1.14 bits per heavy atom. The van der Waals surface area contributed by atoms with Crippen LogP contribution in [0.15, 0.2) is 0 Å². The molecule has 0 rings (SSSR count). The molecule has 0 bridgehead atoms. The first kappa shape index (κ1) is 6.44. The van der Waals surface area contributed by atoms with E-state index in [1.54, 1.807) is 0 Å². The van der Waals surface area contributed by atoms with E-state index in [1.165, 1.54) is 17.9 Å². The van der Waals surface area contributed by atoms with Crippen molar-refractivity contribution in [1.82, 2.24) is 0 Å². The van der Waals surface area contributed by atoms with Gasteiger partial charge < -0.3 is 0 Å². The van der Waals surface area contributed by atoms with Crippen LogP contribution in [0, 0.1) is 0 Å². The van der Waals surface area contributed by atoms with Gasteiger partial charge in [-0.05, 0) is 0 Å². The topological polar surface area (TPSA) is 76.8 Å². The van der Waals surface area contributed by atoms with Gasteiger partial charge in [0.05, 0.1) is 0 Å². The second kappa shape index (κ2) is 3.62. The van der Waals surface area contributed by atoms with E-state index >= 15 is 0 Å². The van der Waals surface area contributed by atoms with Crippen LogP contribution >= 0.6 is 7.92 Å². The van der Waals surface area contributed by atoms with Crippen molar-refractivity contribution in [3.63, 3.8) is 0 Å². The molecule has 3 nitrogen and oxygen atoms in total. The molecule has 0 saturated carbocycles. The van der Waals surface area contributed by atoms with E-state index in [1.807, 2.05) is 0 Å². The molecule has 0 aliphatic carbocycles. The lowest BCUT2D eigenvalue weighted by molar-refractivity contribution is -0.105. The molecule has 0 aromatic rings. The second-order valence-electron chi connectivity index (χ2n) is 0.894. The van der Waals surface area contributed by atoms with Gasteiger partial charge in [-0.1, -0.05) is 0 Å². The third-order valence-electron chi connectivity index (χ3n) is 0.516. The molecule has 0 radical (unpaired) electrons. The van der Waals surface area contributed by atoms with Gasteiger partial charge in [0, 0.05) is 0 Å². The first-order valence-corrected chi connectivity index (χ1v) is 3.32. The number of hydrogen-bond donors (Lipinski definition) is 3. The summed E-state index contributed by atoms with van der Waals surface area (Å²) < 4.78 is 0. The van der Waals surface area contributed by atoms with Gasteiger partial charge in [-0.3, -0.25) is 16.2 Å². The summed E-state index contributed by atoms with van der Waals surface area (Å²) in [7, 11) is -0.596. The smallest absolute Gasteiger partial charge is 0.177 e. The molecule has 0 aliphatic heterocycles. The first-order valence-electron chi connectivity index (χ1n) is 1.77. The zero-order chi connectivity index (χ0) is 5.70. The standard InChI is InChI=1S/C3H6N3P/c4-1-7(2-5)3-6/h1-6H/p+3. The normalized spacial score (nSPS) is 8.14. The van der Waals surface area contributed by atoms with Crippen LogP contribution in [-0.4, -0.2) is 17.9 Å². The molecule has 6 N–H and O–H groups in total. The average Bonchev–Trinajstić information content (AvgIpc) is 1.72. The Bertz CT molecular complexity index is 71.2. The zero-order valence-corrected chi connectivity index (χ0v) is 4.81. The molecule has 38 valence electrons. The first-order chi connectivity index (χ1) is 3.35. The monoisotopic (exact) mass is 118 g/mol. The van der Waals surface area contributed by atoms with E-state index in [-0.39, 0.29) is 0 Å². The van der Waals surface area contributed by atoms with Crippen LogP contribution in [0.5, 0.6) is 0 Å². The quantitative estimate of drug-likeness (QED) is 0.248. The Labute approximate surface area is 43.0 Å². The largest absolute Gasteiger partial charge is 0.260 e. The summed E-state index contributed by atoms with van der Waals surface area (Å²) in [5.74, 6) is 4.44. The Kier molecular flexibility index (Phi) is 3.33. The number of rotatable bonds is 3. The predicted molar refractivity (Wildman–Crippen MR) is 30.9 cm³/mol. The minimum atomic E-state index is -0.596. The Morgan fingerprint density at radius 1 is 0.857 bits per heavy atom. The van der Waals surface area contributed by atoms with Gasteiger partial charge in [0.1, 0.15) is 0 Å². The van der Waals surface area contributed by atoms with Crippen LogP contribution in [0.3, 0.4) is 0 Å². The fourth-order valence-electron chi connectivity index (χ4n) is 0.149. The predicted octanol–water partition coefficient (Wildman–Crippen LogP) is -4.17. The van der Waals surface area contributed by atoms with Gasteiger partial charge in [0.15, 0.2) is 25.8 Å². The molecule has 0 aromatic carbocycles. The van der Waals surface area contributed by atoms with E-state index < -0.39 is 7.92 Å². The summed E-state index contributed by atoms with van der Waals surface area (Å²) >= 11 is 0. The molecule has 7 heavy (non-hydrogen) atoms. The summed E-state index contributed by atoms with van der Waals surface area (Å²) in [6.07, 6.45) is 0. The lowest BCUT2D eigenvalue weighted by Crippen LogP contribution is -2.38. The fourth-order valence-corrected chi connectivity index (χ4v) is 0.447. The van der Waals surface area contributed by atoms with E-state index in [0.29, 0.717) is 0 Å². The number of hydrogen-bond acceptors (Lipinski definition) is 0. The highest BCUT2D eigenvalue weighted by molar-refractivity contribution is 7.96. The molecular formula is C3H9N3P+3. The van der Waals surface area contributed by atoms with Crippen LogP contribution in [0.4, 0.5) is 0 Å². The highest BCUT2D eigenvalue weighted by atomic mass is 31.1. The van der Waals surface area contributed by atoms with Gasteiger partial charge in [0.2, 0.25) is 0 Å². The molecule has 0 unspecified atom stereocenters. The molecule has 0 atom stereocenters. The summed E-state index contributed by atoms with van der Waals surface area (Å²) in [5, 5.41) is 15.2. The molecule has 4 heteroatoms. The minimum Gasteiger partial charge on any atom is -0.260 e. The minimum absolute atomic E-state index is 0.596. The highest BCUT2D eigenvalue weighted by Gasteiger charge is 2.02. The van der Waals surface area contributed by atoms with Crippen molar-refractivity contribution in [3.05, 3.63) is 0 Å². The average molecular weight is 118 g/mol. The van der Waals surface area contributed by atoms with Crippen LogP contribution in [0.2, 0.25) is 0 Å². The zero-order valence-electron chi connectivity index (χ0n) is 3.91. The molecule has 0 spiro atoms. The van der Waals surface area contributed by atoms with Crippen LogP contribution < -0.4 is 16.2 Å². The second-order valence-corrected chi connectivity index (χ2v) is 2.68. The molecule has 0 aliphatic rings. The molecule has 0 fully saturated rings. The van der Waals surface area contributed by atoms with Gasteiger partial charge in [-0.2, -0.15) is 0 Å². The van der Waals surface area contributed by atoms with Crippen molar-refractivity contribution in [1.29, 1.82) is 0 Å². The van der Waals surface area contributed by atoms with E-state index in [2.05, 4.69) is 0 Å². The molecule has 0 heterocycles. The number of nitrogens with two attached hydrogens (primary N) is 3. The van der Waals surface area contributed by atoms with Crippen LogP contribution in [0.25, 0.3) is 0 Å². The van der Waals surface area contributed by atoms with Crippen molar-refractivity contribution in [3.8, 4) is 0 Å². The summed E-state index contributed by atoms with van der Waals surface area (Å²) in [6.45, 7) is 0. The van der Waals surface area contributed by atoms with Crippen LogP contribution in [-0.2, 0) is 0 Å². The SMILES string of the molecule is [NH2+]=CP(C=[NH2+])C=[NH2+]. The summed E-state index contributed by atoms with van der Waals surface area (Å²) in [6, 6.07) is 0. The van der Waals surface area contributed by atoms with Crippen LogP contribution in [0.1, 0.15) is 0 Å². The lowest BCUT2D eigenvalue weighted by atomic mass is 11.6. The van der Waals surface area contributed by atoms with Gasteiger partial charge in [0.25, 0.3) is 0 Å². The van der Waals surface area contributed by atoms with E-state index in [4.69, 9.17) is 16.2 Å². The third-order valence-corrected chi connectivity index (χ3v) is 1.55. The maximum Gasteiger partial charge on any atom is 0.177 e. The van der Waals surface area contributed by atoms with E-state index in [9.17, 15) is 0 Å². The van der Waals surface area contributed by atoms with Crippen molar-refractivity contribution in [2.75, 3.05) is 0 Å². The Balaban J connectivity index is 3.57. The maximum atomic E-state index is 5.08. The van der Waals surface area contributed by atoms with Gasteiger partial charge in [-0.25, -0.2) is 0 Å². The molecular weight excluding hydrogens is 109 g/mol. The van der Waals surface area contributed by atoms with E-state index in [0.717, 1.165) is 0 Å². The highest BCUT2D eigenvalue weighted by Crippen LogP contribution is 2.16. The van der Waals surface area contributed by atoms with Crippen molar-refractivity contribution in [2.24, 2.45) is 0 Å². The maximum absolute atomic E-state index is 5.08.